The zero-order chi connectivity index (χ0) is 17.6. The van der Waals surface area contributed by atoms with Crippen LogP contribution in [-0.4, -0.2) is 36.5 Å². The van der Waals surface area contributed by atoms with Crippen LogP contribution in [0.25, 0.3) is 0 Å². The van der Waals surface area contributed by atoms with Crippen molar-refractivity contribution >= 4 is 15.9 Å². The molecule has 0 aromatic carbocycles. The standard InChI is InChI=1S/C15H28N4O3S/c1-11(2)6-7-12(3)17-14(20)8-9-16-23(21,22)15-10-19(5)13(4)18-15/h10-12,16H,6-9H2,1-5H3,(H,17,20)/t12-/m0/s1. The van der Waals surface area contributed by atoms with Gasteiger partial charge in [0.25, 0.3) is 10.0 Å². The van der Waals surface area contributed by atoms with E-state index in [0.29, 0.717) is 11.7 Å². The highest BCUT2D eigenvalue weighted by atomic mass is 32.2. The predicted molar refractivity (Wildman–Crippen MR) is 89.4 cm³/mol. The topological polar surface area (TPSA) is 93.1 Å². The van der Waals surface area contributed by atoms with Crippen molar-refractivity contribution in [2.75, 3.05) is 6.54 Å². The summed E-state index contributed by atoms with van der Waals surface area (Å²) < 4.78 is 28.2. The molecule has 1 heterocycles. The molecular formula is C15H28N4O3S. The first kappa shape index (κ1) is 19.6. The molecule has 0 spiro atoms. The second-order valence-electron chi connectivity index (χ2n) is 6.32. The Bertz CT molecular complexity index is 603. The number of carbonyl (C=O) groups excluding carboxylic acids is 1. The second kappa shape index (κ2) is 8.44. The molecule has 0 unspecified atom stereocenters. The van der Waals surface area contributed by atoms with Crippen molar-refractivity contribution < 1.29 is 13.2 Å². The summed E-state index contributed by atoms with van der Waals surface area (Å²) in [5.74, 6) is 1.06. The average molecular weight is 344 g/mol. The number of carbonyl (C=O) groups is 1. The quantitative estimate of drug-likeness (QED) is 0.707. The van der Waals surface area contributed by atoms with E-state index in [1.807, 2.05) is 6.92 Å². The van der Waals surface area contributed by atoms with Gasteiger partial charge in [-0.3, -0.25) is 4.79 Å². The van der Waals surface area contributed by atoms with E-state index in [1.165, 1.54) is 6.20 Å². The fourth-order valence-corrected chi connectivity index (χ4v) is 3.10. The Morgan fingerprint density at radius 2 is 1.96 bits per heavy atom. The number of hydrogen-bond acceptors (Lipinski definition) is 4. The lowest BCUT2D eigenvalue weighted by atomic mass is 10.0. The van der Waals surface area contributed by atoms with Crippen molar-refractivity contribution in [2.45, 2.75) is 58.0 Å². The molecule has 0 saturated heterocycles. The number of aromatic nitrogens is 2. The maximum atomic E-state index is 12.1. The van der Waals surface area contributed by atoms with Gasteiger partial charge in [-0.1, -0.05) is 13.8 Å². The van der Waals surface area contributed by atoms with Gasteiger partial charge in [0.15, 0.2) is 5.03 Å². The molecule has 0 aliphatic heterocycles. The third kappa shape index (κ3) is 6.70. The first-order valence-electron chi connectivity index (χ1n) is 7.90. The van der Waals surface area contributed by atoms with Crippen molar-refractivity contribution in [1.82, 2.24) is 19.6 Å². The highest BCUT2D eigenvalue weighted by molar-refractivity contribution is 7.89. The summed E-state index contributed by atoms with van der Waals surface area (Å²) in [6.45, 7) is 8.03. The molecule has 8 heteroatoms. The molecule has 7 nitrogen and oxygen atoms in total. The summed E-state index contributed by atoms with van der Waals surface area (Å²) in [5.41, 5.74) is 0. The molecule has 0 bridgehead atoms. The van der Waals surface area contributed by atoms with Crippen molar-refractivity contribution in [3.63, 3.8) is 0 Å². The van der Waals surface area contributed by atoms with Crippen LogP contribution in [0.15, 0.2) is 11.2 Å². The summed E-state index contributed by atoms with van der Waals surface area (Å²) in [5, 5.41) is 2.86. The van der Waals surface area contributed by atoms with Gasteiger partial charge in [0, 0.05) is 32.3 Å². The molecule has 132 valence electrons. The van der Waals surface area contributed by atoms with Crippen molar-refractivity contribution in [2.24, 2.45) is 13.0 Å². The average Bonchev–Trinajstić information content (AvgIpc) is 2.77. The Balaban J connectivity index is 2.39. The maximum absolute atomic E-state index is 12.1. The molecule has 1 atom stereocenters. The number of sulfonamides is 1. The smallest absolute Gasteiger partial charge is 0.259 e. The summed E-state index contributed by atoms with van der Waals surface area (Å²) in [6.07, 6.45) is 3.53. The van der Waals surface area contributed by atoms with Crippen LogP contribution in [0.3, 0.4) is 0 Å². The number of nitrogens with one attached hydrogen (secondary N) is 2. The number of nitrogens with zero attached hydrogens (tertiary/aromatic N) is 2. The van der Waals surface area contributed by atoms with E-state index in [4.69, 9.17) is 0 Å². The van der Waals surface area contributed by atoms with Gasteiger partial charge in [-0.25, -0.2) is 18.1 Å². The van der Waals surface area contributed by atoms with E-state index in [0.717, 1.165) is 12.8 Å². The molecule has 23 heavy (non-hydrogen) atoms. The maximum Gasteiger partial charge on any atom is 0.259 e. The van der Waals surface area contributed by atoms with Crippen molar-refractivity contribution in [1.29, 1.82) is 0 Å². The third-order valence-electron chi connectivity index (χ3n) is 3.59. The fraction of sp³-hybridized carbons (Fsp3) is 0.733. The van der Waals surface area contributed by atoms with E-state index >= 15 is 0 Å². The Labute approximate surface area is 138 Å². The molecular weight excluding hydrogens is 316 g/mol. The van der Waals surface area contributed by atoms with Crippen molar-refractivity contribution in [3.05, 3.63) is 12.0 Å². The number of imidazole rings is 1. The predicted octanol–water partition coefficient (Wildman–Crippen LogP) is 1.34. The molecule has 0 radical (unpaired) electrons. The Morgan fingerprint density at radius 3 is 2.48 bits per heavy atom. The monoisotopic (exact) mass is 344 g/mol. The molecule has 1 aromatic heterocycles. The first-order valence-corrected chi connectivity index (χ1v) is 9.39. The van der Waals surface area contributed by atoms with Gasteiger partial charge < -0.3 is 9.88 Å². The molecule has 2 N–H and O–H groups in total. The van der Waals surface area contributed by atoms with E-state index in [1.54, 1.807) is 18.5 Å². The fourth-order valence-electron chi connectivity index (χ4n) is 2.03. The molecule has 0 aliphatic rings. The lowest BCUT2D eigenvalue weighted by Crippen LogP contribution is -2.35. The molecule has 0 saturated carbocycles. The Hall–Kier alpha value is -1.41. The second-order valence-corrected chi connectivity index (χ2v) is 8.04. The summed E-state index contributed by atoms with van der Waals surface area (Å²) in [6, 6.07) is 0.0972. The molecule has 0 fully saturated rings. The minimum absolute atomic E-state index is 0.0248. The Morgan fingerprint density at radius 1 is 1.30 bits per heavy atom. The minimum Gasteiger partial charge on any atom is -0.354 e. The van der Waals surface area contributed by atoms with Gasteiger partial charge in [-0.05, 0) is 32.6 Å². The van der Waals surface area contributed by atoms with Crippen LogP contribution in [0.5, 0.6) is 0 Å². The van der Waals surface area contributed by atoms with Crippen LogP contribution in [0.4, 0.5) is 0 Å². The minimum atomic E-state index is -3.67. The molecule has 0 aliphatic carbocycles. The molecule has 1 amide bonds. The lowest BCUT2D eigenvalue weighted by molar-refractivity contribution is -0.121. The highest BCUT2D eigenvalue weighted by Crippen LogP contribution is 2.08. The normalized spacial score (nSPS) is 13.3. The van der Waals surface area contributed by atoms with Gasteiger partial charge >= 0.3 is 0 Å². The van der Waals surface area contributed by atoms with Crippen LogP contribution in [0.2, 0.25) is 0 Å². The van der Waals surface area contributed by atoms with Gasteiger partial charge in [0.05, 0.1) is 0 Å². The van der Waals surface area contributed by atoms with E-state index in [2.05, 4.69) is 28.9 Å². The summed E-state index contributed by atoms with van der Waals surface area (Å²) >= 11 is 0. The van der Waals surface area contributed by atoms with Crippen LogP contribution in [0.1, 0.15) is 45.9 Å². The zero-order valence-corrected chi connectivity index (χ0v) is 15.4. The lowest BCUT2D eigenvalue weighted by Gasteiger charge is -2.15. The van der Waals surface area contributed by atoms with Crippen LogP contribution in [0, 0.1) is 12.8 Å². The number of aryl methyl sites for hydroxylation is 2. The largest absolute Gasteiger partial charge is 0.354 e. The highest BCUT2D eigenvalue weighted by Gasteiger charge is 2.18. The van der Waals surface area contributed by atoms with Crippen LogP contribution < -0.4 is 10.0 Å². The number of rotatable bonds is 9. The van der Waals surface area contributed by atoms with Gasteiger partial charge in [0.2, 0.25) is 5.91 Å². The molecule has 1 aromatic rings. The van der Waals surface area contributed by atoms with Crippen LogP contribution in [-0.2, 0) is 21.9 Å². The van der Waals surface area contributed by atoms with Gasteiger partial charge in [0.1, 0.15) is 5.82 Å². The third-order valence-corrected chi connectivity index (χ3v) is 4.92. The van der Waals surface area contributed by atoms with Gasteiger partial charge in [-0.2, -0.15) is 0 Å². The number of hydrogen-bond donors (Lipinski definition) is 2. The van der Waals surface area contributed by atoms with Gasteiger partial charge in [-0.15, -0.1) is 0 Å². The van der Waals surface area contributed by atoms with E-state index in [-0.39, 0.29) is 29.9 Å². The van der Waals surface area contributed by atoms with Crippen molar-refractivity contribution in [3.8, 4) is 0 Å². The van der Waals surface area contributed by atoms with E-state index in [9.17, 15) is 13.2 Å². The molecule has 1 rings (SSSR count). The number of amides is 1. The first-order chi connectivity index (χ1) is 10.6. The Kier molecular flexibility index (Phi) is 7.21. The summed E-state index contributed by atoms with van der Waals surface area (Å²) in [4.78, 5) is 15.8. The van der Waals surface area contributed by atoms with E-state index < -0.39 is 10.0 Å². The van der Waals surface area contributed by atoms with Crippen LogP contribution >= 0.6 is 0 Å². The zero-order valence-electron chi connectivity index (χ0n) is 14.6. The summed E-state index contributed by atoms with van der Waals surface area (Å²) in [7, 11) is -1.94. The SMILES string of the molecule is Cc1nc(S(=O)(=O)NCCC(=O)N[C@@H](C)CCC(C)C)cn1C.